The van der Waals surface area contributed by atoms with Gasteiger partial charge >= 0.3 is 0 Å². The van der Waals surface area contributed by atoms with Crippen molar-refractivity contribution in [3.05, 3.63) is 47.0 Å². The van der Waals surface area contributed by atoms with E-state index in [0.717, 1.165) is 42.7 Å². The number of piperidine rings is 1. The van der Waals surface area contributed by atoms with Crippen LogP contribution in [0.1, 0.15) is 29.5 Å². The SMILES string of the molecule is COc1ccc2c(c1)OCC(C(O)CNC1CCN(CC(=O)Nc3c(C)cc(C)cc3C)CC1)O2. The summed E-state index contributed by atoms with van der Waals surface area (Å²) in [6.45, 7) is 8.90. The van der Waals surface area contributed by atoms with Crippen molar-refractivity contribution in [1.29, 1.82) is 0 Å². The Hall–Kier alpha value is -2.81. The van der Waals surface area contributed by atoms with E-state index in [0.29, 0.717) is 36.4 Å². The van der Waals surface area contributed by atoms with Crippen molar-refractivity contribution < 1.29 is 24.1 Å². The number of carbonyl (C=O) groups excluding carboxylic acids is 1. The number of amides is 1. The zero-order valence-corrected chi connectivity index (χ0v) is 21.1. The zero-order valence-electron chi connectivity index (χ0n) is 21.1. The number of fused-ring (bicyclic) bond motifs is 1. The molecule has 4 rings (SSSR count). The Morgan fingerprint density at radius 3 is 2.54 bits per heavy atom. The number of aliphatic hydroxyl groups excluding tert-OH is 1. The first-order chi connectivity index (χ1) is 16.8. The number of aliphatic hydroxyl groups is 1. The molecule has 8 heteroatoms. The summed E-state index contributed by atoms with van der Waals surface area (Å²) in [5, 5.41) is 17.2. The highest BCUT2D eigenvalue weighted by Crippen LogP contribution is 2.35. The summed E-state index contributed by atoms with van der Waals surface area (Å²) in [5.74, 6) is 1.97. The first kappa shape index (κ1) is 25.3. The second kappa shape index (κ2) is 11.3. The molecule has 0 aromatic heterocycles. The molecule has 2 aromatic carbocycles. The molecule has 35 heavy (non-hydrogen) atoms. The van der Waals surface area contributed by atoms with Crippen molar-refractivity contribution >= 4 is 11.6 Å². The molecule has 0 saturated carbocycles. The van der Waals surface area contributed by atoms with Crippen LogP contribution in [0.25, 0.3) is 0 Å². The van der Waals surface area contributed by atoms with Gasteiger partial charge in [0.1, 0.15) is 18.5 Å². The average molecular weight is 484 g/mol. The van der Waals surface area contributed by atoms with Crippen LogP contribution in [0.15, 0.2) is 30.3 Å². The molecule has 0 aliphatic carbocycles. The normalized spacial score (nSPS) is 19.3. The van der Waals surface area contributed by atoms with Crippen molar-refractivity contribution in [1.82, 2.24) is 10.2 Å². The van der Waals surface area contributed by atoms with Gasteiger partial charge < -0.3 is 30.0 Å². The van der Waals surface area contributed by atoms with Gasteiger partial charge in [0.2, 0.25) is 5.91 Å². The predicted octanol–water partition coefficient (Wildman–Crippen LogP) is 2.81. The third-order valence-electron chi connectivity index (χ3n) is 6.77. The summed E-state index contributed by atoms with van der Waals surface area (Å²) in [5.41, 5.74) is 4.30. The van der Waals surface area contributed by atoms with Gasteiger partial charge in [-0.3, -0.25) is 9.69 Å². The van der Waals surface area contributed by atoms with Gasteiger partial charge in [-0.05, 0) is 56.9 Å². The summed E-state index contributed by atoms with van der Waals surface area (Å²) < 4.78 is 16.9. The lowest BCUT2D eigenvalue weighted by Crippen LogP contribution is -2.50. The number of carbonyl (C=O) groups is 1. The molecule has 1 saturated heterocycles. The van der Waals surface area contributed by atoms with Gasteiger partial charge in [0.25, 0.3) is 0 Å². The largest absolute Gasteiger partial charge is 0.497 e. The quantitative estimate of drug-likeness (QED) is 0.532. The third-order valence-corrected chi connectivity index (χ3v) is 6.77. The molecule has 0 radical (unpaired) electrons. The first-order valence-electron chi connectivity index (χ1n) is 12.3. The minimum absolute atomic E-state index is 0.0224. The van der Waals surface area contributed by atoms with E-state index in [2.05, 4.69) is 34.6 Å². The number of benzene rings is 2. The van der Waals surface area contributed by atoms with Crippen LogP contribution in [-0.2, 0) is 4.79 Å². The number of rotatable bonds is 8. The van der Waals surface area contributed by atoms with Gasteiger partial charge in [0, 0.05) is 37.4 Å². The maximum absolute atomic E-state index is 12.6. The van der Waals surface area contributed by atoms with Crippen LogP contribution in [-0.4, -0.2) is 74.1 Å². The molecular formula is C27H37N3O5. The molecule has 2 aliphatic heterocycles. The Balaban J connectivity index is 1.18. The number of ether oxygens (including phenoxy) is 3. The van der Waals surface area contributed by atoms with E-state index < -0.39 is 12.2 Å². The van der Waals surface area contributed by atoms with Gasteiger partial charge in [-0.25, -0.2) is 0 Å². The van der Waals surface area contributed by atoms with E-state index in [1.54, 1.807) is 19.2 Å². The predicted molar refractivity (Wildman–Crippen MR) is 136 cm³/mol. The fourth-order valence-corrected chi connectivity index (χ4v) is 4.86. The molecule has 0 bridgehead atoms. The minimum Gasteiger partial charge on any atom is -0.497 e. The van der Waals surface area contributed by atoms with Gasteiger partial charge in [-0.15, -0.1) is 0 Å². The van der Waals surface area contributed by atoms with Crippen molar-refractivity contribution in [3.63, 3.8) is 0 Å². The number of hydrogen-bond donors (Lipinski definition) is 3. The van der Waals surface area contributed by atoms with E-state index in [1.807, 2.05) is 19.9 Å². The fourth-order valence-electron chi connectivity index (χ4n) is 4.86. The highest BCUT2D eigenvalue weighted by atomic mass is 16.6. The molecule has 1 fully saturated rings. The number of methoxy groups -OCH3 is 1. The second-order valence-electron chi connectivity index (χ2n) is 9.63. The number of nitrogens with zero attached hydrogens (tertiary/aromatic N) is 1. The topological polar surface area (TPSA) is 92.3 Å². The van der Waals surface area contributed by atoms with Crippen molar-refractivity contribution in [2.45, 2.75) is 51.9 Å². The van der Waals surface area contributed by atoms with Gasteiger partial charge in [0.15, 0.2) is 17.6 Å². The smallest absolute Gasteiger partial charge is 0.238 e. The maximum atomic E-state index is 12.6. The summed E-state index contributed by atoms with van der Waals surface area (Å²) >= 11 is 0. The zero-order chi connectivity index (χ0) is 24.9. The lowest BCUT2D eigenvalue weighted by Gasteiger charge is -2.34. The van der Waals surface area contributed by atoms with Gasteiger partial charge in [-0.1, -0.05) is 17.7 Å². The highest BCUT2D eigenvalue weighted by Gasteiger charge is 2.29. The van der Waals surface area contributed by atoms with E-state index in [4.69, 9.17) is 14.2 Å². The molecular weight excluding hydrogens is 446 g/mol. The standard InChI is InChI=1S/C27H37N3O5/c1-17-11-18(2)27(19(3)12-17)29-26(32)15-30-9-7-20(8-10-30)28-14-22(31)25-16-34-24-13-21(33-4)5-6-23(24)35-25/h5-6,11-13,20,22,25,28,31H,7-10,14-16H2,1-4H3,(H,29,32). The molecule has 190 valence electrons. The van der Waals surface area contributed by atoms with Crippen LogP contribution >= 0.6 is 0 Å². The molecule has 2 aromatic rings. The van der Waals surface area contributed by atoms with Crippen LogP contribution in [0.4, 0.5) is 5.69 Å². The monoisotopic (exact) mass is 483 g/mol. The van der Waals surface area contributed by atoms with E-state index >= 15 is 0 Å². The van der Waals surface area contributed by atoms with Crippen molar-refractivity contribution in [2.24, 2.45) is 0 Å². The highest BCUT2D eigenvalue weighted by molar-refractivity contribution is 5.93. The summed E-state index contributed by atoms with van der Waals surface area (Å²) in [6.07, 6.45) is 0.733. The lowest BCUT2D eigenvalue weighted by molar-refractivity contribution is -0.117. The Morgan fingerprint density at radius 2 is 1.86 bits per heavy atom. The maximum Gasteiger partial charge on any atom is 0.238 e. The molecule has 0 spiro atoms. The second-order valence-corrected chi connectivity index (χ2v) is 9.63. The Morgan fingerprint density at radius 1 is 1.14 bits per heavy atom. The molecule has 2 heterocycles. The Kier molecular flexibility index (Phi) is 8.15. The molecule has 8 nitrogen and oxygen atoms in total. The van der Waals surface area contributed by atoms with E-state index in [1.165, 1.54) is 5.56 Å². The van der Waals surface area contributed by atoms with Crippen LogP contribution < -0.4 is 24.8 Å². The molecule has 3 N–H and O–H groups in total. The number of nitrogens with one attached hydrogen (secondary N) is 2. The third kappa shape index (κ3) is 6.45. The van der Waals surface area contributed by atoms with Crippen LogP contribution in [0, 0.1) is 20.8 Å². The fraction of sp³-hybridized carbons (Fsp3) is 0.519. The lowest BCUT2D eigenvalue weighted by atomic mass is 10.0. The number of aryl methyl sites for hydroxylation is 3. The molecule has 2 unspecified atom stereocenters. The summed E-state index contributed by atoms with van der Waals surface area (Å²) in [4.78, 5) is 14.8. The van der Waals surface area contributed by atoms with Gasteiger partial charge in [0.05, 0.1) is 13.7 Å². The van der Waals surface area contributed by atoms with Crippen molar-refractivity contribution in [3.8, 4) is 17.2 Å². The van der Waals surface area contributed by atoms with E-state index in [9.17, 15) is 9.90 Å². The van der Waals surface area contributed by atoms with E-state index in [-0.39, 0.29) is 12.5 Å². The number of likely N-dealkylation sites (tertiary alicyclic amines) is 1. The minimum atomic E-state index is -0.685. The Labute approximate surface area is 207 Å². The van der Waals surface area contributed by atoms with Crippen LogP contribution in [0.5, 0.6) is 17.2 Å². The van der Waals surface area contributed by atoms with Crippen LogP contribution in [0.3, 0.4) is 0 Å². The number of hydrogen-bond acceptors (Lipinski definition) is 7. The molecule has 1 amide bonds. The molecule has 2 aliphatic rings. The molecule has 2 atom stereocenters. The Bertz CT molecular complexity index is 1010. The van der Waals surface area contributed by atoms with Crippen LogP contribution in [0.2, 0.25) is 0 Å². The number of anilines is 1. The average Bonchev–Trinajstić information content (AvgIpc) is 2.85. The first-order valence-corrected chi connectivity index (χ1v) is 12.3. The van der Waals surface area contributed by atoms with Crippen molar-refractivity contribution in [2.75, 3.05) is 45.2 Å². The summed E-state index contributed by atoms with van der Waals surface area (Å²) in [7, 11) is 1.61. The van der Waals surface area contributed by atoms with Gasteiger partial charge in [-0.2, -0.15) is 0 Å². The summed E-state index contributed by atoms with van der Waals surface area (Å²) in [6, 6.07) is 9.88.